The molecule has 0 amide bonds. The quantitative estimate of drug-likeness (QED) is 0.641. The number of nitrogens with zero attached hydrogens (tertiary/aromatic N) is 1. The van der Waals surface area contributed by atoms with Gasteiger partial charge in [-0.3, -0.25) is 10.1 Å². The number of benzene rings is 1. The van der Waals surface area contributed by atoms with Gasteiger partial charge in [0.15, 0.2) is 11.5 Å². The zero-order chi connectivity index (χ0) is 11.8. The fourth-order valence-electron chi connectivity index (χ4n) is 1.79. The minimum absolute atomic E-state index is 0.0427. The summed E-state index contributed by atoms with van der Waals surface area (Å²) in [6.45, 7) is 0.910. The van der Waals surface area contributed by atoms with Gasteiger partial charge in [-0.1, -0.05) is 0 Å². The highest BCUT2D eigenvalue weighted by atomic mass is 16.6. The monoisotopic (exact) mass is 236 g/mol. The standard InChI is InChI=1S/C11H12N2O4/c14-13(15)9-6-11-10(16-3-4-17-11)5-8(9)12-7-1-2-7/h5-7,12H,1-4H2. The molecule has 2 aliphatic rings. The van der Waals surface area contributed by atoms with Crippen molar-refractivity contribution in [3.05, 3.63) is 22.2 Å². The molecule has 0 saturated heterocycles. The average Bonchev–Trinajstić information content (AvgIpc) is 3.12. The van der Waals surface area contributed by atoms with Gasteiger partial charge in [0, 0.05) is 12.1 Å². The number of nitro groups is 1. The van der Waals surface area contributed by atoms with E-state index in [1.807, 2.05) is 0 Å². The lowest BCUT2D eigenvalue weighted by Crippen LogP contribution is -2.16. The van der Waals surface area contributed by atoms with E-state index in [0.717, 1.165) is 12.8 Å². The lowest BCUT2D eigenvalue weighted by Gasteiger charge is -2.19. The second-order valence-corrected chi connectivity index (χ2v) is 4.19. The van der Waals surface area contributed by atoms with Crippen LogP contribution < -0.4 is 14.8 Å². The molecule has 6 heteroatoms. The number of anilines is 1. The molecule has 1 aliphatic heterocycles. The van der Waals surface area contributed by atoms with Crippen LogP contribution in [0.3, 0.4) is 0 Å². The number of rotatable bonds is 3. The van der Waals surface area contributed by atoms with E-state index in [2.05, 4.69) is 5.32 Å². The van der Waals surface area contributed by atoms with Gasteiger partial charge in [-0.05, 0) is 12.8 Å². The first-order valence-corrected chi connectivity index (χ1v) is 5.58. The Bertz CT molecular complexity index is 471. The largest absolute Gasteiger partial charge is 0.486 e. The Morgan fingerprint density at radius 2 is 1.88 bits per heavy atom. The Labute approximate surface area is 97.7 Å². The summed E-state index contributed by atoms with van der Waals surface area (Å²) in [5.74, 6) is 1.02. The third-order valence-corrected chi connectivity index (χ3v) is 2.79. The van der Waals surface area contributed by atoms with Crippen LogP contribution in [0.4, 0.5) is 11.4 Å². The van der Waals surface area contributed by atoms with Gasteiger partial charge in [-0.25, -0.2) is 0 Å². The summed E-state index contributed by atoms with van der Waals surface area (Å²) >= 11 is 0. The van der Waals surface area contributed by atoms with Gasteiger partial charge < -0.3 is 14.8 Å². The average molecular weight is 236 g/mol. The van der Waals surface area contributed by atoms with Gasteiger partial charge in [0.05, 0.1) is 11.0 Å². The molecule has 1 aliphatic carbocycles. The first-order valence-electron chi connectivity index (χ1n) is 5.58. The molecule has 6 nitrogen and oxygen atoms in total. The van der Waals surface area contributed by atoms with E-state index in [4.69, 9.17) is 9.47 Å². The SMILES string of the molecule is O=[N+]([O-])c1cc2c(cc1NC1CC1)OCCO2. The molecule has 1 N–H and O–H groups in total. The number of fused-ring (bicyclic) bond motifs is 1. The minimum atomic E-state index is -0.400. The van der Waals surface area contributed by atoms with Crippen molar-refractivity contribution >= 4 is 11.4 Å². The molecule has 3 rings (SSSR count). The molecule has 90 valence electrons. The summed E-state index contributed by atoms with van der Waals surface area (Å²) in [6, 6.07) is 3.45. The predicted octanol–water partition coefficient (Wildman–Crippen LogP) is 1.94. The highest BCUT2D eigenvalue weighted by molar-refractivity contribution is 5.69. The van der Waals surface area contributed by atoms with E-state index >= 15 is 0 Å². The number of nitro benzene ring substituents is 1. The smallest absolute Gasteiger partial charge is 0.296 e. The summed E-state index contributed by atoms with van der Waals surface area (Å²) in [5, 5.41) is 14.1. The van der Waals surface area contributed by atoms with Gasteiger partial charge >= 0.3 is 0 Å². The van der Waals surface area contributed by atoms with Gasteiger partial charge in [0.1, 0.15) is 18.9 Å². The second-order valence-electron chi connectivity index (χ2n) is 4.19. The lowest BCUT2D eigenvalue weighted by atomic mass is 10.2. The van der Waals surface area contributed by atoms with Crippen molar-refractivity contribution in [1.29, 1.82) is 0 Å². The molecule has 0 bridgehead atoms. The van der Waals surface area contributed by atoms with Crippen molar-refractivity contribution < 1.29 is 14.4 Å². The number of ether oxygens (including phenoxy) is 2. The predicted molar refractivity (Wildman–Crippen MR) is 60.7 cm³/mol. The van der Waals surface area contributed by atoms with Crippen LogP contribution in [0, 0.1) is 10.1 Å². The van der Waals surface area contributed by atoms with Crippen molar-refractivity contribution in [2.75, 3.05) is 18.5 Å². The van der Waals surface area contributed by atoms with Gasteiger partial charge in [0.25, 0.3) is 5.69 Å². The number of nitrogens with one attached hydrogen (secondary N) is 1. The molecule has 1 fully saturated rings. The first kappa shape index (κ1) is 10.2. The minimum Gasteiger partial charge on any atom is -0.486 e. The summed E-state index contributed by atoms with van der Waals surface area (Å²) < 4.78 is 10.7. The first-order chi connectivity index (χ1) is 8.24. The Morgan fingerprint density at radius 3 is 2.47 bits per heavy atom. The van der Waals surface area contributed by atoms with Crippen LogP contribution in [0.1, 0.15) is 12.8 Å². The molecule has 1 saturated carbocycles. The molecule has 0 aromatic heterocycles. The van der Waals surface area contributed by atoms with E-state index in [9.17, 15) is 10.1 Å². The van der Waals surface area contributed by atoms with Gasteiger partial charge in [-0.2, -0.15) is 0 Å². The van der Waals surface area contributed by atoms with Crippen molar-refractivity contribution in [1.82, 2.24) is 0 Å². The van der Waals surface area contributed by atoms with Gasteiger partial charge in [0.2, 0.25) is 0 Å². The third-order valence-electron chi connectivity index (χ3n) is 2.79. The normalized spacial score (nSPS) is 17.6. The van der Waals surface area contributed by atoms with E-state index in [1.54, 1.807) is 6.07 Å². The van der Waals surface area contributed by atoms with Crippen LogP contribution in [0.25, 0.3) is 0 Å². The highest BCUT2D eigenvalue weighted by Gasteiger charge is 2.27. The molecule has 1 aromatic rings. The maximum atomic E-state index is 11.0. The Hall–Kier alpha value is -1.98. The van der Waals surface area contributed by atoms with Crippen molar-refractivity contribution in [3.63, 3.8) is 0 Å². The molecule has 0 atom stereocenters. The molecule has 1 aromatic carbocycles. The second kappa shape index (κ2) is 3.80. The van der Waals surface area contributed by atoms with Crippen molar-refractivity contribution in [3.8, 4) is 11.5 Å². The fraction of sp³-hybridized carbons (Fsp3) is 0.455. The van der Waals surface area contributed by atoms with Crippen LogP contribution >= 0.6 is 0 Å². The number of hydrogen-bond acceptors (Lipinski definition) is 5. The van der Waals surface area contributed by atoms with E-state index in [-0.39, 0.29) is 5.69 Å². The van der Waals surface area contributed by atoms with Gasteiger partial charge in [-0.15, -0.1) is 0 Å². The van der Waals surface area contributed by atoms with E-state index in [0.29, 0.717) is 36.4 Å². The summed E-state index contributed by atoms with van der Waals surface area (Å²) in [6.07, 6.45) is 2.12. The lowest BCUT2D eigenvalue weighted by molar-refractivity contribution is -0.384. The third kappa shape index (κ3) is 1.98. The molecule has 0 spiro atoms. The summed E-state index contributed by atoms with van der Waals surface area (Å²) in [4.78, 5) is 10.6. The topological polar surface area (TPSA) is 73.6 Å². The van der Waals surface area contributed by atoms with Crippen LogP contribution in [0.5, 0.6) is 11.5 Å². The van der Waals surface area contributed by atoms with E-state index in [1.165, 1.54) is 6.07 Å². The maximum absolute atomic E-state index is 11.0. The molecular formula is C11H12N2O4. The summed E-state index contributed by atoms with van der Waals surface area (Å²) in [5.41, 5.74) is 0.558. The fourth-order valence-corrected chi connectivity index (χ4v) is 1.79. The Kier molecular flexibility index (Phi) is 2.28. The summed E-state index contributed by atoms with van der Waals surface area (Å²) in [7, 11) is 0. The highest BCUT2D eigenvalue weighted by Crippen LogP contribution is 2.40. The number of hydrogen-bond donors (Lipinski definition) is 1. The van der Waals surface area contributed by atoms with Crippen LogP contribution in [-0.2, 0) is 0 Å². The zero-order valence-electron chi connectivity index (χ0n) is 9.14. The molecular weight excluding hydrogens is 224 g/mol. The molecule has 1 heterocycles. The van der Waals surface area contributed by atoms with Crippen LogP contribution in [0.15, 0.2) is 12.1 Å². The van der Waals surface area contributed by atoms with Crippen molar-refractivity contribution in [2.45, 2.75) is 18.9 Å². The molecule has 0 unspecified atom stereocenters. The zero-order valence-corrected chi connectivity index (χ0v) is 9.14. The van der Waals surface area contributed by atoms with Crippen LogP contribution in [0.2, 0.25) is 0 Å². The van der Waals surface area contributed by atoms with E-state index < -0.39 is 4.92 Å². The molecule has 17 heavy (non-hydrogen) atoms. The molecule has 0 radical (unpaired) electrons. The van der Waals surface area contributed by atoms with Crippen molar-refractivity contribution in [2.24, 2.45) is 0 Å². The Balaban J connectivity index is 2.00. The Morgan fingerprint density at radius 1 is 1.24 bits per heavy atom. The maximum Gasteiger partial charge on any atom is 0.296 e. The van der Waals surface area contributed by atoms with Crippen LogP contribution in [-0.4, -0.2) is 24.2 Å².